The van der Waals surface area contributed by atoms with E-state index in [0.717, 1.165) is 10.5 Å². The molecule has 1 unspecified atom stereocenters. The van der Waals surface area contributed by atoms with Crippen molar-refractivity contribution in [2.24, 2.45) is 5.92 Å². The molecule has 0 saturated carbocycles. The molecule has 3 aromatic rings. The Hall–Kier alpha value is -5.27. The van der Waals surface area contributed by atoms with Crippen LogP contribution in [0.2, 0.25) is 0 Å². The largest absolute Gasteiger partial charge is 0.444 e. The number of carbonyl (C=O) groups is 4. The number of ether oxygens (including phenoxy) is 3. The molecule has 0 bridgehead atoms. The number of alkyl halides is 6. The van der Waals surface area contributed by atoms with Crippen LogP contribution in [0.15, 0.2) is 66.7 Å². The van der Waals surface area contributed by atoms with Crippen LogP contribution in [0.3, 0.4) is 0 Å². The first-order valence-electron chi connectivity index (χ1n) is 23.3. The number of piperidine rings is 1. The zero-order chi connectivity index (χ0) is 50.1. The summed E-state index contributed by atoms with van der Waals surface area (Å²) in [5, 5.41) is 0. The van der Waals surface area contributed by atoms with Crippen LogP contribution in [0.25, 0.3) is 0 Å². The number of fused-ring (bicyclic) bond motifs is 2. The van der Waals surface area contributed by atoms with Crippen LogP contribution in [0.1, 0.15) is 91.1 Å². The minimum atomic E-state index is -5.14. The van der Waals surface area contributed by atoms with Gasteiger partial charge in [-0.3, -0.25) is 14.4 Å². The van der Waals surface area contributed by atoms with Gasteiger partial charge in [0, 0.05) is 57.8 Å². The average molecular weight is 976 g/mol. The number of likely N-dealkylation sites (tertiary alicyclic amines) is 2. The number of hydrogen-bond acceptors (Lipinski definition) is 8. The fraction of sp³-hybridized carbons (Fsp3) is 0.560. The van der Waals surface area contributed by atoms with Gasteiger partial charge in [0.25, 0.3) is 5.91 Å². The first kappa shape index (κ1) is 51.6. The Labute approximate surface area is 397 Å². The first-order valence-corrected chi connectivity index (χ1v) is 23.3. The van der Waals surface area contributed by atoms with Crippen molar-refractivity contribution in [2.45, 2.75) is 94.4 Å². The van der Waals surface area contributed by atoms with E-state index in [4.69, 9.17) is 14.2 Å². The number of nitrogens with zero attached hydrogens (tertiary/aromatic N) is 5. The lowest BCUT2D eigenvalue weighted by Gasteiger charge is -2.44. The zero-order valence-corrected chi connectivity index (χ0v) is 39.6. The monoisotopic (exact) mass is 975 g/mol. The summed E-state index contributed by atoms with van der Waals surface area (Å²) in [5.41, 5.74) is -3.46. The standard InChI is InChI=1S/C50H60F7N5O7/c1-46(2,3)69-45(66)61-21-15-34(29-61)43(64)59(5)20-8-19-58(4)42(63)30-67-41-27-33-9-6-7-10-40(33)47(41)16-22-60(23-17-47)24-18-48(36-11-13-39(51)14-12-36)31-62(32-68-48)44(65)35-25-37(49(52,53)54)28-38(26-35)50(55,56)57/h6-7,9-14,25-26,28,34,41H,8,15-24,27,29-32H2,1-5H3/t34?,41-,48-/m0/s1. The summed E-state index contributed by atoms with van der Waals surface area (Å²) in [7, 11) is 3.43. The SMILES string of the molecule is CN(CCCN(C)C(=O)C1CCN(C(=O)OC(C)(C)C)C1)C(=O)CO[C@H]1Cc2ccccc2C12CCN(CC[C@@]1(c3ccc(F)cc3)CN(C(=O)c3cc(C(F)(F)F)cc(C(F)(F)F)c3)CO1)CC2. The second kappa shape index (κ2) is 20.2. The zero-order valence-electron chi connectivity index (χ0n) is 39.6. The Kier molecular flexibility index (Phi) is 15.1. The molecule has 3 heterocycles. The third kappa shape index (κ3) is 11.8. The van der Waals surface area contributed by atoms with E-state index in [9.17, 15) is 49.9 Å². The van der Waals surface area contributed by atoms with E-state index >= 15 is 0 Å². The molecule has 3 atom stereocenters. The van der Waals surface area contributed by atoms with Gasteiger partial charge in [0.15, 0.2) is 0 Å². The third-order valence-corrected chi connectivity index (χ3v) is 14.0. The quantitative estimate of drug-likeness (QED) is 0.158. The molecule has 69 heavy (non-hydrogen) atoms. The molecule has 0 N–H and O–H groups in total. The minimum absolute atomic E-state index is 0.0304. The maximum Gasteiger partial charge on any atom is 0.416 e. The molecular weight excluding hydrogens is 916 g/mol. The number of halogens is 7. The first-order chi connectivity index (χ1) is 32.4. The van der Waals surface area contributed by atoms with Crippen molar-refractivity contribution in [3.05, 3.63) is 106 Å². The van der Waals surface area contributed by atoms with Crippen LogP contribution in [-0.2, 0) is 53.6 Å². The number of amides is 4. The van der Waals surface area contributed by atoms with E-state index in [-0.39, 0.29) is 49.5 Å². The third-order valence-electron chi connectivity index (χ3n) is 14.0. The molecule has 3 aliphatic heterocycles. The van der Waals surface area contributed by atoms with E-state index in [1.54, 1.807) is 49.6 Å². The lowest BCUT2D eigenvalue weighted by Crippen LogP contribution is -2.50. The highest BCUT2D eigenvalue weighted by Gasteiger charge is 2.50. The Morgan fingerprint density at radius 1 is 0.826 bits per heavy atom. The van der Waals surface area contributed by atoms with Crippen molar-refractivity contribution in [3.63, 3.8) is 0 Å². The van der Waals surface area contributed by atoms with E-state index in [2.05, 4.69) is 17.0 Å². The Bertz CT molecular complexity index is 2320. The molecule has 12 nitrogen and oxygen atoms in total. The number of carbonyl (C=O) groups excluding carboxylic acids is 4. The Morgan fingerprint density at radius 2 is 1.46 bits per heavy atom. The fourth-order valence-electron chi connectivity index (χ4n) is 10.1. The molecule has 1 spiro atoms. The molecule has 0 radical (unpaired) electrons. The highest BCUT2D eigenvalue weighted by molar-refractivity contribution is 5.95. The van der Waals surface area contributed by atoms with Gasteiger partial charge < -0.3 is 38.7 Å². The van der Waals surface area contributed by atoms with Crippen LogP contribution in [0.5, 0.6) is 0 Å². The van der Waals surface area contributed by atoms with Crippen molar-refractivity contribution in [2.75, 3.05) is 79.8 Å². The van der Waals surface area contributed by atoms with E-state index in [1.165, 1.54) is 29.8 Å². The number of hydrogen-bond donors (Lipinski definition) is 0. The predicted octanol–water partition coefficient (Wildman–Crippen LogP) is 8.12. The van der Waals surface area contributed by atoms with Gasteiger partial charge in [0.1, 0.15) is 30.4 Å². The van der Waals surface area contributed by atoms with Crippen molar-refractivity contribution in [1.29, 1.82) is 0 Å². The highest BCUT2D eigenvalue weighted by Crippen LogP contribution is 2.48. The van der Waals surface area contributed by atoms with Gasteiger partial charge in [0.2, 0.25) is 11.8 Å². The molecule has 376 valence electrons. The lowest BCUT2D eigenvalue weighted by molar-refractivity contribution is -0.143. The summed E-state index contributed by atoms with van der Waals surface area (Å²) in [6, 6.07) is 14.3. The molecule has 4 aliphatic rings. The van der Waals surface area contributed by atoms with Crippen molar-refractivity contribution in [1.82, 2.24) is 24.5 Å². The summed E-state index contributed by atoms with van der Waals surface area (Å²) in [5.74, 6) is -2.17. The number of likely N-dealkylation sites (N-methyl/N-ethyl adjacent to an activating group) is 1. The van der Waals surface area contributed by atoms with Crippen LogP contribution >= 0.6 is 0 Å². The second-order valence-corrected chi connectivity index (χ2v) is 19.8. The van der Waals surface area contributed by atoms with E-state index in [1.807, 2.05) is 12.1 Å². The summed E-state index contributed by atoms with van der Waals surface area (Å²) in [4.78, 5) is 60.9. The summed E-state index contributed by atoms with van der Waals surface area (Å²) >= 11 is 0. The highest BCUT2D eigenvalue weighted by atomic mass is 19.4. The predicted molar refractivity (Wildman–Crippen MR) is 239 cm³/mol. The molecule has 3 aromatic carbocycles. The molecule has 7 rings (SSSR count). The molecule has 1 aliphatic carbocycles. The molecule has 3 fully saturated rings. The second-order valence-electron chi connectivity index (χ2n) is 19.8. The van der Waals surface area contributed by atoms with Gasteiger partial charge in [-0.15, -0.1) is 0 Å². The maximum absolute atomic E-state index is 14.1. The van der Waals surface area contributed by atoms with Gasteiger partial charge in [-0.2, -0.15) is 26.3 Å². The van der Waals surface area contributed by atoms with Gasteiger partial charge >= 0.3 is 18.4 Å². The van der Waals surface area contributed by atoms with Crippen molar-refractivity contribution in [3.8, 4) is 0 Å². The lowest BCUT2D eigenvalue weighted by atomic mass is 9.72. The van der Waals surface area contributed by atoms with E-state index in [0.29, 0.717) is 95.6 Å². The smallest absolute Gasteiger partial charge is 0.416 e. The van der Waals surface area contributed by atoms with Crippen LogP contribution in [-0.4, -0.2) is 140 Å². The number of benzene rings is 3. The molecule has 19 heteroatoms. The minimum Gasteiger partial charge on any atom is -0.444 e. The Morgan fingerprint density at radius 3 is 2.10 bits per heavy atom. The molecule has 4 amide bonds. The van der Waals surface area contributed by atoms with Crippen LogP contribution < -0.4 is 0 Å². The van der Waals surface area contributed by atoms with Crippen molar-refractivity contribution < 1.29 is 64.1 Å². The summed E-state index contributed by atoms with van der Waals surface area (Å²) in [6.07, 6.45) is -7.66. The van der Waals surface area contributed by atoms with Crippen molar-refractivity contribution >= 4 is 23.8 Å². The van der Waals surface area contributed by atoms with Gasteiger partial charge in [-0.25, -0.2) is 9.18 Å². The summed E-state index contributed by atoms with van der Waals surface area (Å²) < 4.78 is 114. The number of rotatable bonds is 13. The molecule has 0 aromatic heterocycles. The maximum atomic E-state index is 14.1. The normalized spacial score (nSPS) is 21.7. The molecule has 3 saturated heterocycles. The van der Waals surface area contributed by atoms with E-state index < -0.39 is 70.2 Å². The van der Waals surface area contributed by atoms with Crippen LogP contribution in [0, 0.1) is 11.7 Å². The van der Waals surface area contributed by atoms with Crippen LogP contribution in [0.4, 0.5) is 35.5 Å². The van der Waals surface area contributed by atoms with Gasteiger partial charge in [0.05, 0.1) is 29.7 Å². The van der Waals surface area contributed by atoms with Gasteiger partial charge in [-0.05, 0) is 119 Å². The fourth-order valence-corrected chi connectivity index (χ4v) is 10.1. The average Bonchev–Trinajstić information content (AvgIpc) is 4.04. The Balaban J connectivity index is 0.944. The molecular formula is C50H60F7N5O7. The topological polar surface area (TPSA) is 112 Å². The summed E-state index contributed by atoms with van der Waals surface area (Å²) in [6.45, 7) is 7.86. The van der Waals surface area contributed by atoms with Gasteiger partial charge in [-0.1, -0.05) is 36.4 Å².